The first kappa shape index (κ1) is 16.0. The van der Waals surface area contributed by atoms with Crippen LogP contribution in [0.1, 0.15) is 36.3 Å². The number of nitrogens with one attached hydrogen (secondary N) is 1. The summed E-state index contributed by atoms with van der Waals surface area (Å²) in [7, 11) is 0. The Morgan fingerprint density at radius 2 is 1.96 bits per heavy atom. The minimum absolute atomic E-state index is 0.141. The van der Waals surface area contributed by atoms with E-state index in [4.69, 9.17) is 0 Å². The minimum Gasteiger partial charge on any atom is -0.334 e. The molecule has 1 aromatic carbocycles. The topological polar surface area (TPSA) is 69.3 Å². The number of para-hydroxylation sites is 1. The van der Waals surface area contributed by atoms with Crippen LogP contribution >= 0.6 is 0 Å². The lowest BCUT2D eigenvalue weighted by Gasteiger charge is -2.36. The molecule has 1 aliphatic carbocycles. The minimum atomic E-state index is -0.243. The van der Waals surface area contributed by atoms with Gasteiger partial charge >= 0.3 is 0 Å². The quantitative estimate of drug-likeness (QED) is 0.916. The van der Waals surface area contributed by atoms with Gasteiger partial charge in [-0.25, -0.2) is 4.98 Å². The Labute approximate surface area is 152 Å². The van der Waals surface area contributed by atoms with Gasteiger partial charge < -0.3 is 9.88 Å². The van der Waals surface area contributed by atoms with Crippen LogP contribution in [0, 0.1) is 11.8 Å². The van der Waals surface area contributed by atoms with Crippen LogP contribution in [0.25, 0.3) is 10.9 Å². The van der Waals surface area contributed by atoms with Gasteiger partial charge in [0.2, 0.25) is 0 Å². The molecule has 6 nitrogen and oxygen atoms in total. The second-order valence-electron chi connectivity index (χ2n) is 8.14. The summed E-state index contributed by atoms with van der Waals surface area (Å²) in [6.45, 7) is 3.81. The highest BCUT2D eigenvalue weighted by Gasteiger charge is 2.39. The molecule has 4 aliphatic rings. The molecular weight excluding hydrogens is 328 g/mol. The van der Waals surface area contributed by atoms with E-state index in [-0.39, 0.29) is 17.3 Å². The SMILES string of the molecule is O=C(c1nc2ccccc2c(=O)[nH]1)N1C[C@H]2CC[C@@H](C1)N(CC1CC1)C2. The maximum absolute atomic E-state index is 13.1. The van der Waals surface area contributed by atoms with E-state index in [1.165, 1.54) is 32.2 Å². The van der Waals surface area contributed by atoms with Crippen molar-refractivity contribution in [1.29, 1.82) is 0 Å². The zero-order valence-electron chi connectivity index (χ0n) is 14.9. The second-order valence-corrected chi connectivity index (χ2v) is 8.14. The molecule has 4 fully saturated rings. The molecule has 3 saturated heterocycles. The number of fused-ring (bicyclic) bond motifs is 5. The summed E-state index contributed by atoms with van der Waals surface area (Å²) < 4.78 is 0. The second kappa shape index (κ2) is 6.20. The van der Waals surface area contributed by atoms with Crippen LogP contribution in [-0.2, 0) is 0 Å². The van der Waals surface area contributed by atoms with E-state index in [0.717, 1.165) is 25.6 Å². The normalized spacial score (nSPS) is 26.2. The van der Waals surface area contributed by atoms with Gasteiger partial charge in [-0.3, -0.25) is 14.5 Å². The molecule has 0 radical (unpaired) electrons. The van der Waals surface area contributed by atoms with Gasteiger partial charge in [0.15, 0.2) is 5.82 Å². The average Bonchev–Trinajstić information content (AvgIpc) is 3.49. The fourth-order valence-corrected chi connectivity index (χ4v) is 4.54. The highest BCUT2D eigenvalue weighted by molar-refractivity contribution is 5.92. The monoisotopic (exact) mass is 352 g/mol. The van der Waals surface area contributed by atoms with Crippen molar-refractivity contribution in [3.05, 3.63) is 40.4 Å². The van der Waals surface area contributed by atoms with Crippen molar-refractivity contribution >= 4 is 16.8 Å². The summed E-state index contributed by atoms with van der Waals surface area (Å²) in [5.74, 6) is 1.43. The van der Waals surface area contributed by atoms with E-state index in [2.05, 4.69) is 14.9 Å². The lowest BCUT2D eigenvalue weighted by atomic mass is 9.95. The fraction of sp³-hybridized carbons (Fsp3) is 0.550. The molecule has 2 aromatic rings. The van der Waals surface area contributed by atoms with Crippen LogP contribution in [0.5, 0.6) is 0 Å². The third kappa shape index (κ3) is 2.92. The highest BCUT2D eigenvalue weighted by Crippen LogP contribution is 2.35. The molecule has 26 heavy (non-hydrogen) atoms. The molecule has 2 atom stereocenters. The number of hydrogen-bond donors (Lipinski definition) is 1. The van der Waals surface area contributed by atoms with Gasteiger partial charge in [-0.1, -0.05) is 12.1 Å². The van der Waals surface area contributed by atoms with Gasteiger partial charge in [-0.15, -0.1) is 0 Å². The number of H-pyrrole nitrogens is 1. The lowest BCUT2D eigenvalue weighted by Crippen LogP contribution is -2.45. The molecule has 0 unspecified atom stereocenters. The summed E-state index contributed by atoms with van der Waals surface area (Å²) in [4.78, 5) is 37.0. The molecule has 1 saturated carbocycles. The predicted octanol–water partition coefficient (Wildman–Crippen LogP) is 1.87. The molecule has 1 N–H and O–H groups in total. The summed E-state index contributed by atoms with van der Waals surface area (Å²) in [5.41, 5.74) is 0.333. The molecule has 2 bridgehead atoms. The first-order valence-corrected chi connectivity index (χ1v) is 9.70. The lowest BCUT2D eigenvalue weighted by molar-refractivity contribution is 0.0724. The highest BCUT2D eigenvalue weighted by atomic mass is 16.2. The van der Waals surface area contributed by atoms with Crippen molar-refractivity contribution in [2.75, 3.05) is 26.2 Å². The van der Waals surface area contributed by atoms with E-state index in [1.54, 1.807) is 12.1 Å². The molecule has 136 valence electrons. The molecule has 6 rings (SSSR count). The van der Waals surface area contributed by atoms with E-state index in [9.17, 15) is 9.59 Å². The first-order valence-electron chi connectivity index (χ1n) is 9.70. The number of carbonyl (C=O) groups is 1. The predicted molar refractivity (Wildman–Crippen MR) is 99.1 cm³/mol. The van der Waals surface area contributed by atoms with Crippen molar-refractivity contribution in [2.24, 2.45) is 11.8 Å². The van der Waals surface area contributed by atoms with Gasteiger partial charge in [0.25, 0.3) is 11.5 Å². The summed E-state index contributed by atoms with van der Waals surface area (Å²) >= 11 is 0. The van der Waals surface area contributed by atoms with Crippen LogP contribution in [0.15, 0.2) is 29.1 Å². The van der Waals surface area contributed by atoms with Gasteiger partial charge in [0.1, 0.15) is 0 Å². The van der Waals surface area contributed by atoms with Crippen molar-refractivity contribution in [3.63, 3.8) is 0 Å². The maximum Gasteiger partial charge on any atom is 0.289 e. The summed E-state index contributed by atoms with van der Waals surface area (Å²) in [5, 5.41) is 0.524. The number of hydrogen-bond acceptors (Lipinski definition) is 4. The first-order chi connectivity index (χ1) is 12.7. The molecular formula is C20H24N4O2. The van der Waals surface area contributed by atoms with Crippen LogP contribution in [0.2, 0.25) is 0 Å². The van der Waals surface area contributed by atoms with E-state index in [1.807, 2.05) is 17.0 Å². The molecule has 6 heteroatoms. The molecule has 1 aromatic heterocycles. The molecule has 3 aliphatic heterocycles. The largest absolute Gasteiger partial charge is 0.334 e. The number of rotatable bonds is 3. The van der Waals surface area contributed by atoms with Crippen molar-refractivity contribution in [1.82, 2.24) is 19.8 Å². The molecule has 0 spiro atoms. The van der Waals surface area contributed by atoms with E-state index in [0.29, 0.717) is 22.9 Å². The summed E-state index contributed by atoms with van der Waals surface area (Å²) in [6, 6.07) is 7.61. The van der Waals surface area contributed by atoms with Gasteiger partial charge in [-0.2, -0.15) is 0 Å². The maximum atomic E-state index is 13.1. The van der Waals surface area contributed by atoms with Crippen LogP contribution in [0.4, 0.5) is 0 Å². The van der Waals surface area contributed by atoms with Crippen LogP contribution in [-0.4, -0.2) is 57.9 Å². The summed E-state index contributed by atoms with van der Waals surface area (Å²) in [6.07, 6.45) is 5.08. The number of aromatic amines is 1. The Morgan fingerprint density at radius 3 is 2.81 bits per heavy atom. The number of nitrogens with zero attached hydrogens (tertiary/aromatic N) is 3. The average molecular weight is 352 g/mol. The third-order valence-corrected chi connectivity index (χ3v) is 6.12. The van der Waals surface area contributed by atoms with Gasteiger partial charge in [-0.05, 0) is 49.7 Å². The van der Waals surface area contributed by atoms with Gasteiger partial charge in [0.05, 0.1) is 10.9 Å². The van der Waals surface area contributed by atoms with E-state index < -0.39 is 0 Å². The number of piperidine rings is 1. The zero-order chi connectivity index (χ0) is 17.7. The number of amides is 1. The Balaban J connectivity index is 1.41. The van der Waals surface area contributed by atoms with Gasteiger partial charge in [0, 0.05) is 32.2 Å². The fourth-order valence-electron chi connectivity index (χ4n) is 4.54. The smallest absolute Gasteiger partial charge is 0.289 e. The van der Waals surface area contributed by atoms with Crippen molar-refractivity contribution in [3.8, 4) is 0 Å². The Bertz CT molecular complexity index is 904. The van der Waals surface area contributed by atoms with E-state index >= 15 is 0 Å². The van der Waals surface area contributed by atoms with Crippen LogP contribution < -0.4 is 5.56 Å². The third-order valence-electron chi connectivity index (χ3n) is 6.12. The number of benzene rings is 1. The standard InChI is InChI=1S/C20H24N4O2/c25-19-16-3-1-2-4-17(16)21-18(22-19)20(26)24-11-14-7-8-15(12-24)23(10-14)9-13-5-6-13/h1-4,13-15H,5-12H2,(H,21,22,25)/t14-,15-/m0/s1. The number of carbonyl (C=O) groups excluding carboxylic acids is 1. The Hall–Kier alpha value is -2.21. The van der Waals surface area contributed by atoms with Crippen molar-refractivity contribution < 1.29 is 4.79 Å². The number of aromatic nitrogens is 2. The molecule has 4 heterocycles. The molecule has 1 amide bonds. The zero-order valence-corrected chi connectivity index (χ0v) is 14.9. The Kier molecular flexibility index (Phi) is 3.81. The van der Waals surface area contributed by atoms with Crippen molar-refractivity contribution in [2.45, 2.75) is 31.7 Å². The van der Waals surface area contributed by atoms with Crippen LogP contribution in [0.3, 0.4) is 0 Å². The Morgan fingerprint density at radius 1 is 1.12 bits per heavy atom.